The van der Waals surface area contributed by atoms with Crippen LogP contribution in [-0.4, -0.2) is 22.2 Å². The zero-order valence-corrected chi connectivity index (χ0v) is 14.1. The maximum absolute atomic E-state index is 12.3. The zero-order valence-electron chi connectivity index (χ0n) is 13.3. The van der Waals surface area contributed by atoms with Crippen molar-refractivity contribution in [3.8, 4) is 18.1 Å². The van der Waals surface area contributed by atoms with E-state index in [9.17, 15) is 4.79 Å². The second-order valence-electron chi connectivity index (χ2n) is 4.98. The predicted octanol–water partition coefficient (Wildman–Crippen LogP) is 2.77. The number of aryl methyl sites for hydroxylation is 1. The smallest absolute Gasteiger partial charge is 0.301 e. The molecule has 0 unspecified atom stereocenters. The Morgan fingerprint density at radius 2 is 2.33 bits per heavy atom. The number of carbonyl (C=O) groups is 1. The van der Waals surface area contributed by atoms with E-state index in [-0.39, 0.29) is 5.69 Å². The van der Waals surface area contributed by atoms with Crippen LogP contribution in [0.3, 0.4) is 0 Å². The van der Waals surface area contributed by atoms with Gasteiger partial charge < -0.3 is 13.8 Å². The summed E-state index contributed by atoms with van der Waals surface area (Å²) in [5.41, 5.74) is 1.08. The van der Waals surface area contributed by atoms with E-state index in [0.717, 1.165) is 16.0 Å². The monoisotopic (exact) mass is 341 g/mol. The maximum Gasteiger partial charge on any atom is 0.301 e. The molecule has 1 aromatic carbocycles. The van der Waals surface area contributed by atoms with Gasteiger partial charge in [-0.2, -0.15) is 4.99 Å². The van der Waals surface area contributed by atoms with E-state index in [1.54, 1.807) is 13.0 Å². The molecule has 6 nitrogen and oxygen atoms in total. The van der Waals surface area contributed by atoms with Gasteiger partial charge in [0.05, 0.1) is 23.4 Å². The highest BCUT2D eigenvalue weighted by molar-refractivity contribution is 7.16. The molecule has 3 aromatic rings. The van der Waals surface area contributed by atoms with E-state index in [1.807, 2.05) is 29.7 Å². The Bertz CT molecular complexity index is 1000. The number of amides is 1. The van der Waals surface area contributed by atoms with E-state index in [4.69, 9.17) is 15.7 Å². The van der Waals surface area contributed by atoms with E-state index >= 15 is 0 Å². The van der Waals surface area contributed by atoms with Crippen LogP contribution in [0.25, 0.3) is 10.2 Å². The lowest BCUT2D eigenvalue weighted by Gasteiger charge is -2.03. The third-order valence-corrected chi connectivity index (χ3v) is 4.30. The first kappa shape index (κ1) is 16.0. The molecule has 24 heavy (non-hydrogen) atoms. The zero-order chi connectivity index (χ0) is 17.1. The SMILES string of the molecule is C#CCn1c(=NC(=O)c2cc(C)on2)sc2cc(OCC)ccc21. The van der Waals surface area contributed by atoms with Crippen molar-refractivity contribution in [1.29, 1.82) is 0 Å². The molecule has 1 amide bonds. The average Bonchev–Trinajstić information content (AvgIpc) is 3.12. The number of terminal acetylenes is 1. The molecular formula is C17H15N3O3S. The van der Waals surface area contributed by atoms with Gasteiger partial charge in [-0.25, -0.2) is 0 Å². The van der Waals surface area contributed by atoms with Crippen molar-refractivity contribution in [3.63, 3.8) is 0 Å². The van der Waals surface area contributed by atoms with Crippen LogP contribution in [0.1, 0.15) is 23.2 Å². The van der Waals surface area contributed by atoms with Crippen molar-refractivity contribution < 1.29 is 14.1 Å². The third kappa shape index (κ3) is 3.09. The number of ether oxygens (including phenoxy) is 1. The second kappa shape index (κ2) is 6.72. The molecule has 0 aliphatic rings. The molecule has 0 fully saturated rings. The van der Waals surface area contributed by atoms with Gasteiger partial charge in [-0.15, -0.1) is 6.42 Å². The van der Waals surface area contributed by atoms with E-state index in [1.165, 1.54) is 11.3 Å². The minimum atomic E-state index is -0.464. The molecule has 0 atom stereocenters. The van der Waals surface area contributed by atoms with Gasteiger partial charge in [0, 0.05) is 6.07 Å². The Kier molecular flexibility index (Phi) is 4.49. The molecule has 122 valence electrons. The lowest BCUT2D eigenvalue weighted by molar-refractivity contribution is 0.0989. The minimum Gasteiger partial charge on any atom is -0.494 e. The number of aromatic nitrogens is 2. The number of thiazole rings is 1. The summed E-state index contributed by atoms with van der Waals surface area (Å²) in [6.07, 6.45) is 5.46. The van der Waals surface area contributed by atoms with E-state index < -0.39 is 5.91 Å². The summed E-state index contributed by atoms with van der Waals surface area (Å²) in [4.78, 5) is 16.9. The van der Waals surface area contributed by atoms with Crippen molar-refractivity contribution in [3.05, 3.63) is 40.5 Å². The topological polar surface area (TPSA) is 69.6 Å². The highest BCUT2D eigenvalue weighted by Crippen LogP contribution is 2.23. The quantitative estimate of drug-likeness (QED) is 0.684. The summed E-state index contributed by atoms with van der Waals surface area (Å²) in [5, 5.41) is 3.70. The summed E-state index contributed by atoms with van der Waals surface area (Å²) in [7, 11) is 0. The first-order valence-electron chi connectivity index (χ1n) is 7.34. The number of hydrogen-bond acceptors (Lipinski definition) is 5. The number of nitrogens with zero attached hydrogens (tertiary/aromatic N) is 3. The van der Waals surface area contributed by atoms with Crippen LogP contribution in [0.2, 0.25) is 0 Å². The first-order chi connectivity index (χ1) is 11.6. The van der Waals surface area contributed by atoms with Crippen LogP contribution >= 0.6 is 11.3 Å². The second-order valence-corrected chi connectivity index (χ2v) is 5.99. The number of benzene rings is 1. The van der Waals surface area contributed by atoms with Crippen molar-refractivity contribution in [1.82, 2.24) is 9.72 Å². The predicted molar refractivity (Wildman–Crippen MR) is 91.0 cm³/mol. The van der Waals surface area contributed by atoms with Crippen LogP contribution in [0.4, 0.5) is 0 Å². The van der Waals surface area contributed by atoms with Gasteiger partial charge in [0.15, 0.2) is 10.5 Å². The van der Waals surface area contributed by atoms with Crippen molar-refractivity contribution in [2.45, 2.75) is 20.4 Å². The van der Waals surface area contributed by atoms with Gasteiger partial charge in [0.1, 0.15) is 11.5 Å². The molecule has 2 heterocycles. The summed E-state index contributed by atoms with van der Waals surface area (Å²) in [6.45, 7) is 4.55. The summed E-state index contributed by atoms with van der Waals surface area (Å²) >= 11 is 1.38. The largest absolute Gasteiger partial charge is 0.494 e. The first-order valence-corrected chi connectivity index (χ1v) is 8.16. The summed E-state index contributed by atoms with van der Waals surface area (Å²) in [6, 6.07) is 7.26. The lowest BCUT2D eigenvalue weighted by atomic mass is 10.3. The van der Waals surface area contributed by atoms with Crippen LogP contribution in [0.15, 0.2) is 33.8 Å². The fourth-order valence-corrected chi connectivity index (χ4v) is 3.31. The molecule has 0 saturated carbocycles. The number of hydrogen-bond donors (Lipinski definition) is 0. The Morgan fingerprint density at radius 3 is 3.00 bits per heavy atom. The molecule has 7 heteroatoms. The molecule has 3 rings (SSSR count). The van der Waals surface area contributed by atoms with Gasteiger partial charge in [0.2, 0.25) is 0 Å². The van der Waals surface area contributed by atoms with Crippen LogP contribution in [0, 0.1) is 19.3 Å². The van der Waals surface area contributed by atoms with Gasteiger partial charge in [-0.3, -0.25) is 4.79 Å². The van der Waals surface area contributed by atoms with Gasteiger partial charge in [-0.05, 0) is 32.0 Å². The summed E-state index contributed by atoms with van der Waals surface area (Å²) < 4.78 is 13.2. The number of rotatable bonds is 4. The molecule has 0 N–H and O–H groups in total. The van der Waals surface area contributed by atoms with E-state index in [0.29, 0.717) is 23.7 Å². The van der Waals surface area contributed by atoms with Crippen LogP contribution in [-0.2, 0) is 6.54 Å². The number of carbonyl (C=O) groups excluding carboxylic acids is 1. The molecule has 0 radical (unpaired) electrons. The normalized spacial score (nSPS) is 11.6. The van der Waals surface area contributed by atoms with Gasteiger partial charge in [-0.1, -0.05) is 22.4 Å². The van der Waals surface area contributed by atoms with Crippen LogP contribution < -0.4 is 9.54 Å². The lowest BCUT2D eigenvalue weighted by Crippen LogP contribution is -2.16. The fraction of sp³-hybridized carbons (Fsp3) is 0.235. The molecule has 0 aliphatic heterocycles. The molecule has 0 saturated heterocycles. The van der Waals surface area contributed by atoms with Crippen molar-refractivity contribution in [2.75, 3.05) is 6.61 Å². The molecular weight excluding hydrogens is 326 g/mol. The maximum atomic E-state index is 12.3. The molecule has 0 spiro atoms. The highest BCUT2D eigenvalue weighted by atomic mass is 32.1. The fourth-order valence-electron chi connectivity index (χ4n) is 2.25. The minimum absolute atomic E-state index is 0.173. The van der Waals surface area contributed by atoms with E-state index in [2.05, 4.69) is 16.1 Å². The molecule has 2 aromatic heterocycles. The standard InChI is InChI=1S/C17H15N3O3S/c1-4-8-20-14-7-6-12(22-5-2)10-15(14)24-17(20)18-16(21)13-9-11(3)23-19-13/h1,6-7,9-10H,5,8H2,2-3H3. The Hall–Kier alpha value is -2.85. The number of fused-ring (bicyclic) bond motifs is 1. The average molecular weight is 341 g/mol. The third-order valence-electron chi connectivity index (χ3n) is 3.26. The molecule has 0 bridgehead atoms. The van der Waals surface area contributed by atoms with Gasteiger partial charge in [0.25, 0.3) is 0 Å². The van der Waals surface area contributed by atoms with Crippen molar-refractivity contribution in [2.24, 2.45) is 4.99 Å². The van der Waals surface area contributed by atoms with Crippen molar-refractivity contribution >= 4 is 27.5 Å². The molecule has 0 aliphatic carbocycles. The Balaban J connectivity index is 2.11. The van der Waals surface area contributed by atoms with Crippen LogP contribution in [0.5, 0.6) is 5.75 Å². The summed E-state index contributed by atoms with van der Waals surface area (Å²) in [5.74, 6) is 3.45. The Morgan fingerprint density at radius 1 is 1.50 bits per heavy atom. The van der Waals surface area contributed by atoms with Gasteiger partial charge >= 0.3 is 5.91 Å². The Labute approximate surface area is 142 Å². The highest BCUT2D eigenvalue weighted by Gasteiger charge is 2.12.